The Kier molecular flexibility index (Phi) is 6.91. The van der Waals surface area contributed by atoms with Crippen LogP contribution in [0.2, 0.25) is 5.02 Å². The number of anilines is 1. The summed E-state index contributed by atoms with van der Waals surface area (Å²) in [5, 5.41) is 11.6. The molecule has 0 aromatic heterocycles. The Balaban J connectivity index is 1.82. The number of hydrogen-bond donors (Lipinski definition) is 1. The van der Waals surface area contributed by atoms with Gasteiger partial charge in [0, 0.05) is 24.3 Å². The lowest BCUT2D eigenvalue weighted by atomic mass is 10.1. The van der Waals surface area contributed by atoms with Crippen LogP contribution >= 0.6 is 11.6 Å². The molecule has 0 radical (unpaired) electrons. The quantitative estimate of drug-likeness (QED) is 0.767. The van der Waals surface area contributed by atoms with E-state index in [9.17, 15) is 13.2 Å². The molecule has 3 rings (SSSR count). The summed E-state index contributed by atoms with van der Waals surface area (Å²) in [6.07, 6.45) is 3.95. The van der Waals surface area contributed by atoms with E-state index in [4.69, 9.17) is 16.9 Å². The molecule has 2 aromatic carbocycles. The monoisotopic (exact) mass is 431 g/mol. The van der Waals surface area contributed by atoms with Gasteiger partial charge >= 0.3 is 0 Å². The molecule has 1 aliphatic heterocycles. The number of halogens is 1. The first kappa shape index (κ1) is 21.3. The van der Waals surface area contributed by atoms with Crippen LogP contribution in [0.15, 0.2) is 47.4 Å². The van der Waals surface area contributed by atoms with Crippen LogP contribution in [0.25, 0.3) is 0 Å². The summed E-state index contributed by atoms with van der Waals surface area (Å²) in [5.41, 5.74) is 1.62. The van der Waals surface area contributed by atoms with Gasteiger partial charge in [-0.25, -0.2) is 8.42 Å². The molecular weight excluding hydrogens is 410 g/mol. The van der Waals surface area contributed by atoms with Crippen molar-refractivity contribution in [2.24, 2.45) is 0 Å². The van der Waals surface area contributed by atoms with Crippen LogP contribution in [0.1, 0.15) is 41.6 Å². The van der Waals surface area contributed by atoms with E-state index in [2.05, 4.69) is 11.4 Å². The smallest absolute Gasteiger partial charge is 0.255 e. The van der Waals surface area contributed by atoms with Gasteiger partial charge in [0.15, 0.2) is 0 Å². The molecule has 0 aliphatic carbocycles. The van der Waals surface area contributed by atoms with E-state index in [0.29, 0.717) is 25.2 Å². The number of rotatable bonds is 5. The van der Waals surface area contributed by atoms with Gasteiger partial charge in [-0.1, -0.05) is 36.6 Å². The number of nitrogens with one attached hydrogen (secondary N) is 1. The van der Waals surface area contributed by atoms with Gasteiger partial charge in [0.05, 0.1) is 17.5 Å². The molecule has 2 aromatic rings. The first-order valence-electron chi connectivity index (χ1n) is 9.49. The van der Waals surface area contributed by atoms with E-state index < -0.39 is 15.9 Å². The SMILES string of the molecule is N#CCc1ccc(NC(=O)c2ccc(Cl)c(S(=O)(=O)N3CCCCCC3)c2)cc1. The molecule has 8 heteroatoms. The van der Waals surface area contributed by atoms with Crippen LogP contribution in [-0.4, -0.2) is 31.7 Å². The van der Waals surface area contributed by atoms with Crippen molar-refractivity contribution in [3.8, 4) is 6.07 Å². The standard InChI is InChI=1S/C21H22ClN3O3S/c22-19-10-7-17(21(26)24-18-8-5-16(6-9-18)11-12-23)15-20(19)29(27,28)25-13-3-1-2-4-14-25/h5-10,15H,1-4,11,13-14H2,(H,24,26). The number of hydrogen-bond acceptors (Lipinski definition) is 4. The lowest BCUT2D eigenvalue weighted by Crippen LogP contribution is -2.32. The Hall–Kier alpha value is -2.40. The molecule has 152 valence electrons. The van der Waals surface area contributed by atoms with Crippen molar-refractivity contribution in [1.29, 1.82) is 5.26 Å². The molecule has 1 fully saturated rings. The van der Waals surface area contributed by atoms with E-state index in [1.165, 1.54) is 22.5 Å². The van der Waals surface area contributed by atoms with Crippen molar-refractivity contribution in [2.45, 2.75) is 37.0 Å². The van der Waals surface area contributed by atoms with Crippen LogP contribution < -0.4 is 5.32 Å². The molecule has 0 bridgehead atoms. The minimum atomic E-state index is -3.77. The maximum absolute atomic E-state index is 13.1. The number of carbonyl (C=O) groups excluding carboxylic acids is 1. The van der Waals surface area contributed by atoms with Crippen LogP contribution in [-0.2, 0) is 16.4 Å². The average molecular weight is 432 g/mol. The lowest BCUT2D eigenvalue weighted by Gasteiger charge is -2.21. The first-order chi connectivity index (χ1) is 13.9. The Morgan fingerprint density at radius 1 is 1.07 bits per heavy atom. The summed E-state index contributed by atoms with van der Waals surface area (Å²) in [7, 11) is -3.77. The maximum Gasteiger partial charge on any atom is 0.255 e. The van der Waals surface area contributed by atoms with Crippen molar-refractivity contribution in [3.63, 3.8) is 0 Å². The van der Waals surface area contributed by atoms with Gasteiger partial charge in [0.25, 0.3) is 5.91 Å². The fourth-order valence-corrected chi connectivity index (χ4v) is 5.28. The molecule has 1 saturated heterocycles. The number of nitriles is 1. The van der Waals surface area contributed by atoms with E-state index in [0.717, 1.165) is 31.2 Å². The molecule has 1 heterocycles. The zero-order valence-corrected chi connectivity index (χ0v) is 17.5. The summed E-state index contributed by atoms with van der Waals surface area (Å²) < 4.78 is 27.6. The summed E-state index contributed by atoms with van der Waals surface area (Å²) in [6, 6.07) is 13.3. The number of amides is 1. The third-order valence-corrected chi connectivity index (χ3v) is 7.25. The van der Waals surface area contributed by atoms with Crippen molar-refractivity contribution in [3.05, 3.63) is 58.6 Å². The summed E-state index contributed by atoms with van der Waals surface area (Å²) in [6.45, 7) is 0.925. The van der Waals surface area contributed by atoms with E-state index >= 15 is 0 Å². The average Bonchev–Trinajstić information content (AvgIpc) is 3.00. The van der Waals surface area contributed by atoms with Gasteiger partial charge in [-0.15, -0.1) is 0 Å². The fourth-order valence-electron chi connectivity index (χ4n) is 3.26. The molecule has 1 aliphatic rings. The zero-order chi connectivity index (χ0) is 20.9. The molecule has 0 spiro atoms. The van der Waals surface area contributed by atoms with Gasteiger partial charge in [-0.05, 0) is 48.7 Å². The summed E-state index contributed by atoms with van der Waals surface area (Å²) in [5.74, 6) is -0.429. The second-order valence-electron chi connectivity index (χ2n) is 6.95. The Morgan fingerprint density at radius 3 is 2.34 bits per heavy atom. The number of sulfonamides is 1. The number of benzene rings is 2. The van der Waals surface area contributed by atoms with E-state index in [1.54, 1.807) is 24.3 Å². The number of carbonyl (C=O) groups is 1. The molecule has 6 nitrogen and oxygen atoms in total. The van der Waals surface area contributed by atoms with Crippen LogP contribution in [0.3, 0.4) is 0 Å². The third-order valence-electron chi connectivity index (χ3n) is 4.87. The minimum Gasteiger partial charge on any atom is -0.322 e. The minimum absolute atomic E-state index is 0.0434. The second kappa shape index (κ2) is 9.40. The Bertz CT molecular complexity index is 1020. The normalized spacial score (nSPS) is 15.3. The molecular formula is C21H22ClN3O3S. The largest absolute Gasteiger partial charge is 0.322 e. The highest BCUT2D eigenvalue weighted by atomic mass is 35.5. The molecule has 1 N–H and O–H groups in total. The highest BCUT2D eigenvalue weighted by molar-refractivity contribution is 7.89. The molecule has 0 atom stereocenters. The number of nitrogens with zero attached hydrogens (tertiary/aromatic N) is 2. The molecule has 29 heavy (non-hydrogen) atoms. The van der Waals surface area contributed by atoms with Crippen molar-refractivity contribution in [2.75, 3.05) is 18.4 Å². The van der Waals surface area contributed by atoms with Gasteiger partial charge in [-0.2, -0.15) is 9.57 Å². The summed E-state index contributed by atoms with van der Waals surface area (Å²) in [4.78, 5) is 12.6. The van der Waals surface area contributed by atoms with Gasteiger partial charge < -0.3 is 5.32 Å². The van der Waals surface area contributed by atoms with Crippen molar-refractivity contribution < 1.29 is 13.2 Å². The molecule has 1 amide bonds. The predicted octanol–water partition coefficient (Wildman–Crippen LogP) is 4.22. The summed E-state index contributed by atoms with van der Waals surface area (Å²) >= 11 is 6.19. The fraction of sp³-hybridized carbons (Fsp3) is 0.333. The highest BCUT2D eigenvalue weighted by Crippen LogP contribution is 2.28. The van der Waals surface area contributed by atoms with E-state index in [-0.39, 0.29) is 15.5 Å². The van der Waals surface area contributed by atoms with Crippen molar-refractivity contribution in [1.82, 2.24) is 4.31 Å². The Morgan fingerprint density at radius 2 is 1.72 bits per heavy atom. The zero-order valence-electron chi connectivity index (χ0n) is 15.9. The third kappa shape index (κ3) is 5.15. The molecule has 0 saturated carbocycles. The van der Waals surface area contributed by atoms with Crippen LogP contribution in [0, 0.1) is 11.3 Å². The van der Waals surface area contributed by atoms with Crippen LogP contribution in [0.5, 0.6) is 0 Å². The van der Waals surface area contributed by atoms with Crippen molar-refractivity contribution >= 4 is 33.2 Å². The lowest BCUT2D eigenvalue weighted by molar-refractivity contribution is 0.102. The Labute approximate surface area is 176 Å². The van der Waals surface area contributed by atoms with Gasteiger partial charge in [0.1, 0.15) is 4.90 Å². The predicted molar refractivity (Wildman–Crippen MR) is 112 cm³/mol. The maximum atomic E-state index is 13.1. The highest BCUT2D eigenvalue weighted by Gasteiger charge is 2.28. The van der Waals surface area contributed by atoms with Gasteiger partial charge in [0.2, 0.25) is 10.0 Å². The van der Waals surface area contributed by atoms with Crippen LogP contribution in [0.4, 0.5) is 5.69 Å². The van der Waals surface area contributed by atoms with Gasteiger partial charge in [-0.3, -0.25) is 4.79 Å². The first-order valence-corrected chi connectivity index (χ1v) is 11.3. The second-order valence-corrected chi connectivity index (χ2v) is 9.26. The molecule has 0 unspecified atom stereocenters. The van der Waals surface area contributed by atoms with E-state index in [1.807, 2.05) is 0 Å². The topological polar surface area (TPSA) is 90.3 Å².